The van der Waals surface area contributed by atoms with E-state index in [-0.39, 0.29) is 46.3 Å². The highest BCUT2D eigenvalue weighted by molar-refractivity contribution is 5.92. The summed E-state index contributed by atoms with van der Waals surface area (Å²) >= 11 is 0. The fourth-order valence-electron chi connectivity index (χ4n) is 15.6. The van der Waals surface area contributed by atoms with Crippen molar-refractivity contribution in [2.24, 2.45) is 57.2 Å². The van der Waals surface area contributed by atoms with E-state index in [0.717, 1.165) is 77.0 Å². The number of hydrogen-bond acceptors (Lipinski definition) is 9. The van der Waals surface area contributed by atoms with Crippen molar-refractivity contribution in [2.45, 2.75) is 161 Å². The Kier molecular flexibility index (Phi) is 8.31. The van der Waals surface area contributed by atoms with Crippen molar-refractivity contribution in [2.75, 3.05) is 0 Å². The molecule has 3 N–H and O–H groups in total. The zero-order valence-electron chi connectivity index (χ0n) is 33.9. The third-order valence-electron chi connectivity index (χ3n) is 18.9. The Labute approximate surface area is 330 Å². The van der Waals surface area contributed by atoms with Crippen LogP contribution in [0.1, 0.15) is 142 Å². The van der Waals surface area contributed by atoms with E-state index in [1.165, 1.54) is 11.1 Å². The zero-order valence-corrected chi connectivity index (χ0v) is 33.9. The van der Waals surface area contributed by atoms with Gasteiger partial charge in [-0.15, -0.1) is 10.2 Å². The number of rotatable bonds is 6. The molecule has 11 heteroatoms. The number of aliphatic hydroxyl groups is 3. The first kappa shape index (κ1) is 37.3. The first-order chi connectivity index (χ1) is 26.6. The molecule has 8 aliphatic rings. The lowest BCUT2D eigenvalue weighted by Gasteiger charge is -2.59. The minimum absolute atomic E-state index is 0.0902. The third-order valence-corrected chi connectivity index (χ3v) is 18.9. The minimum Gasteiger partial charge on any atom is -0.389 e. The molecule has 0 unspecified atom stereocenters. The van der Waals surface area contributed by atoms with Crippen LogP contribution in [0.2, 0.25) is 0 Å². The van der Waals surface area contributed by atoms with Gasteiger partial charge in [0.05, 0.1) is 31.6 Å². The molecule has 0 saturated heterocycles. The van der Waals surface area contributed by atoms with Gasteiger partial charge in [0, 0.05) is 23.7 Å². The van der Waals surface area contributed by atoms with Crippen molar-refractivity contribution in [3.05, 3.63) is 47.1 Å². The molecule has 12 atom stereocenters. The summed E-state index contributed by atoms with van der Waals surface area (Å²) in [5.74, 6) is 3.49. The molecule has 2 aromatic heterocycles. The Hall–Kier alpha value is -3.02. The van der Waals surface area contributed by atoms with Crippen LogP contribution in [0, 0.1) is 57.2 Å². The Balaban J connectivity index is 0.804. The highest BCUT2D eigenvalue weighted by Gasteiger charge is 2.67. The lowest BCUT2D eigenvalue weighted by atomic mass is 9.46. The van der Waals surface area contributed by atoms with Gasteiger partial charge in [0.2, 0.25) is 0 Å². The van der Waals surface area contributed by atoms with Gasteiger partial charge < -0.3 is 15.3 Å². The summed E-state index contributed by atoms with van der Waals surface area (Å²) in [6.07, 6.45) is 21.2. The van der Waals surface area contributed by atoms with Crippen LogP contribution in [-0.4, -0.2) is 63.0 Å². The second-order valence-electron chi connectivity index (χ2n) is 21.0. The smallest absolute Gasteiger partial charge is 0.155 e. The second kappa shape index (κ2) is 12.5. The van der Waals surface area contributed by atoms with Crippen LogP contribution in [0.3, 0.4) is 0 Å². The van der Waals surface area contributed by atoms with Crippen molar-refractivity contribution < 1.29 is 24.9 Å². The number of aliphatic hydroxyl groups excluding tert-OH is 1. The van der Waals surface area contributed by atoms with Crippen molar-refractivity contribution in [1.29, 1.82) is 0 Å². The maximum Gasteiger partial charge on any atom is 0.155 e. The average Bonchev–Trinajstić information content (AvgIpc) is 3.95. The average molecular weight is 767 g/mol. The summed E-state index contributed by atoms with van der Waals surface area (Å²) in [6.45, 7) is 9.72. The fraction of sp³-hybridized carbons (Fsp3) is 0.778. The molecule has 302 valence electrons. The number of carbonyl (C=O) groups is 2. The van der Waals surface area contributed by atoms with E-state index in [1.807, 2.05) is 24.5 Å². The second-order valence-corrected chi connectivity index (χ2v) is 21.0. The molecule has 6 saturated carbocycles. The molecule has 10 rings (SSSR count). The van der Waals surface area contributed by atoms with E-state index in [0.29, 0.717) is 72.6 Å². The Morgan fingerprint density at radius 1 is 0.607 bits per heavy atom. The van der Waals surface area contributed by atoms with E-state index >= 15 is 0 Å². The van der Waals surface area contributed by atoms with E-state index in [4.69, 9.17) is 0 Å². The quantitative estimate of drug-likeness (QED) is 0.304. The maximum absolute atomic E-state index is 12.5. The van der Waals surface area contributed by atoms with Crippen molar-refractivity contribution in [3.8, 4) is 0 Å². The number of nitrogens with zero attached hydrogens (tertiary/aromatic N) is 6. The van der Waals surface area contributed by atoms with Crippen LogP contribution in [0.15, 0.2) is 35.7 Å². The summed E-state index contributed by atoms with van der Waals surface area (Å²) in [5.41, 5.74) is 1.31. The van der Waals surface area contributed by atoms with Crippen molar-refractivity contribution in [3.63, 3.8) is 0 Å². The number of carbonyl (C=O) groups excluding carboxylic acids is 2. The highest BCUT2D eigenvalue weighted by Crippen LogP contribution is 2.71. The Bertz CT molecular complexity index is 1880. The minimum atomic E-state index is -1.08. The highest BCUT2D eigenvalue weighted by atomic mass is 16.3. The molecule has 0 radical (unpaired) electrons. The number of hydrogen-bond donors (Lipinski definition) is 3. The lowest BCUT2D eigenvalue weighted by Crippen LogP contribution is -2.53. The molecular weight excluding hydrogens is 705 g/mol. The van der Waals surface area contributed by atoms with E-state index in [1.54, 1.807) is 9.36 Å². The van der Waals surface area contributed by atoms with Crippen LogP contribution < -0.4 is 0 Å². The summed E-state index contributed by atoms with van der Waals surface area (Å²) in [6, 6.07) is 0. The van der Waals surface area contributed by atoms with Gasteiger partial charge in [0.1, 0.15) is 22.6 Å². The van der Waals surface area contributed by atoms with Gasteiger partial charge in [0.15, 0.2) is 11.6 Å². The van der Waals surface area contributed by atoms with Crippen LogP contribution >= 0.6 is 0 Å². The summed E-state index contributed by atoms with van der Waals surface area (Å²) in [4.78, 5) is 24.6. The zero-order chi connectivity index (χ0) is 39.0. The first-order valence-corrected chi connectivity index (χ1v) is 22.0. The van der Waals surface area contributed by atoms with Gasteiger partial charge in [-0.2, -0.15) is 0 Å². The monoisotopic (exact) mass is 766 g/mol. The molecule has 0 aromatic carbocycles. The normalized spacial score (nSPS) is 46.1. The first-order valence-electron chi connectivity index (χ1n) is 22.0. The molecule has 0 spiro atoms. The molecule has 0 amide bonds. The Morgan fingerprint density at radius 2 is 1.02 bits per heavy atom. The molecule has 0 bridgehead atoms. The maximum atomic E-state index is 12.5. The lowest BCUT2D eigenvalue weighted by molar-refractivity contribution is -0.135. The largest absolute Gasteiger partial charge is 0.389 e. The summed E-state index contributed by atoms with van der Waals surface area (Å²) < 4.78 is 3.30. The number of aromatic nitrogens is 6. The number of fused-ring (bicyclic) bond motifs is 10. The van der Waals surface area contributed by atoms with Gasteiger partial charge in [-0.3, -0.25) is 9.59 Å². The summed E-state index contributed by atoms with van der Waals surface area (Å²) in [7, 11) is 0. The molecular formula is C45H62N6O5. The molecule has 8 aliphatic carbocycles. The molecule has 2 aromatic rings. The van der Waals surface area contributed by atoms with Crippen molar-refractivity contribution in [1.82, 2.24) is 30.0 Å². The SMILES string of the molecule is C[C@]12CCC(=O)C=C1CC[C@@H]1[C@@H]2CC[C@@]2(C)[C@H]1CC[C@@]2(O)c1cn(CC(O)Cn2cc([C@]3(O)CC[C@H]4[C@@H]5CCC6=CC(=O)CC[C@]6(C)[C@H]5CC[C@@]43C)nn2)nn1. The molecule has 11 nitrogen and oxygen atoms in total. The Morgan fingerprint density at radius 3 is 1.45 bits per heavy atom. The van der Waals surface area contributed by atoms with Crippen LogP contribution in [0.25, 0.3) is 0 Å². The third kappa shape index (κ3) is 5.04. The molecule has 0 aliphatic heterocycles. The fourth-order valence-corrected chi connectivity index (χ4v) is 15.6. The van der Waals surface area contributed by atoms with Crippen LogP contribution in [-0.2, 0) is 33.9 Å². The van der Waals surface area contributed by atoms with Gasteiger partial charge in [-0.05, 0) is 148 Å². The molecule has 2 heterocycles. The predicted molar refractivity (Wildman–Crippen MR) is 207 cm³/mol. The van der Waals surface area contributed by atoms with E-state index in [2.05, 4.69) is 48.3 Å². The predicted octanol–water partition coefficient (Wildman–Crippen LogP) is 6.37. The van der Waals surface area contributed by atoms with Crippen LogP contribution in [0.5, 0.6) is 0 Å². The van der Waals surface area contributed by atoms with E-state index < -0.39 is 17.3 Å². The topological polar surface area (TPSA) is 156 Å². The van der Waals surface area contributed by atoms with Crippen molar-refractivity contribution >= 4 is 11.6 Å². The molecule has 56 heavy (non-hydrogen) atoms. The van der Waals surface area contributed by atoms with E-state index in [9.17, 15) is 24.9 Å². The number of allylic oxidation sites excluding steroid dienone is 2. The standard InChI is InChI=1S/C45H62N6O5/c1-40-15-9-29(52)21-27(40)5-7-32-34(40)11-17-42(3)36(32)13-19-44(42,55)38-25-50(48-46-38)23-31(54)24-51-26-39(47-49-51)45(56)20-14-37-33-8-6-28-22-30(53)10-16-41(28,2)35(33)12-18-43(37,45)4/h21-22,25-26,31-37,54-56H,5-20,23-24H2,1-4H3/t32-,33-,34+,35+,36+,37+,40+,41+,42+,43+,44-,45-/m1/s1. The van der Waals surface area contributed by atoms with Gasteiger partial charge in [0.25, 0.3) is 0 Å². The van der Waals surface area contributed by atoms with Gasteiger partial charge in [-0.1, -0.05) is 49.3 Å². The number of ketones is 2. The summed E-state index contributed by atoms with van der Waals surface area (Å²) in [5, 5.41) is 54.2. The van der Waals surface area contributed by atoms with Gasteiger partial charge in [-0.25, -0.2) is 9.36 Å². The van der Waals surface area contributed by atoms with Crippen LogP contribution in [0.4, 0.5) is 0 Å². The van der Waals surface area contributed by atoms with Gasteiger partial charge >= 0.3 is 0 Å². The molecule has 6 fully saturated rings.